The number of aromatic carboxylic acids is 1. The second kappa shape index (κ2) is 6.25. The third-order valence-electron chi connectivity index (χ3n) is 3.08. The van der Waals surface area contributed by atoms with Crippen LogP contribution in [0.15, 0.2) is 41.3 Å². The monoisotopic (exact) mass is 339 g/mol. The third kappa shape index (κ3) is 3.59. The van der Waals surface area contributed by atoms with E-state index in [0.29, 0.717) is 5.56 Å². The summed E-state index contributed by atoms with van der Waals surface area (Å²) in [6, 6.07) is 7.35. The molecule has 0 saturated heterocycles. The molecule has 0 aliphatic rings. The zero-order valence-electron chi connectivity index (χ0n) is 12.3. The predicted molar refractivity (Wildman–Crippen MR) is 81.9 cm³/mol. The highest BCUT2D eigenvalue weighted by molar-refractivity contribution is 7.92. The van der Waals surface area contributed by atoms with Gasteiger partial charge in [0.15, 0.2) is 0 Å². The number of benzene rings is 2. The molecule has 2 aromatic carbocycles. The number of ether oxygens (including phenoxy) is 1. The summed E-state index contributed by atoms with van der Waals surface area (Å²) in [5.41, 5.74) is 0.155. The maximum Gasteiger partial charge on any atom is 0.339 e. The second-order valence-electron chi connectivity index (χ2n) is 4.76. The number of halogens is 1. The number of carboxylic acids is 1. The van der Waals surface area contributed by atoms with Gasteiger partial charge < -0.3 is 9.84 Å². The molecular formula is C15H14FNO5S. The van der Waals surface area contributed by atoms with Gasteiger partial charge in [-0.1, -0.05) is 6.07 Å². The second-order valence-corrected chi connectivity index (χ2v) is 6.44. The molecule has 0 atom stereocenters. The summed E-state index contributed by atoms with van der Waals surface area (Å²) in [6.07, 6.45) is 0. The number of carbonyl (C=O) groups is 1. The van der Waals surface area contributed by atoms with Crippen molar-refractivity contribution in [3.63, 3.8) is 0 Å². The molecule has 2 rings (SSSR count). The van der Waals surface area contributed by atoms with Crippen LogP contribution in [0.4, 0.5) is 10.1 Å². The van der Waals surface area contributed by atoms with Crippen molar-refractivity contribution in [2.24, 2.45) is 0 Å². The van der Waals surface area contributed by atoms with Crippen molar-refractivity contribution < 1.29 is 27.4 Å². The molecule has 8 heteroatoms. The van der Waals surface area contributed by atoms with Crippen LogP contribution >= 0.6 is 0 Å². The molecule has 122 valence electrons. The number of methoxy groups -OCH3 is 1. The first-order valence-corrected chi connectivity index (χ1v) is 7.93. The summed E-state index contributed by atoms with van der Waals surface area (Å²) in [5, 5.41) is 9.10. The van der Waals surface area contributed by atoms with E-state index in [1.165, 1.54) is 31.4 Å². The van der Waals surface area contributed by atoms with Crippen LogP contribution in [-0.2, 0) is 10.0 Å². The quantitative estimate of drug-likeness (QED) is 0.873. The van der Waals surface area contributed by atoms with Gasteiger partial charge in [-0.3, -0.25) is 4.72 Å². The Hall–Kier alpha value is -2.61. The van der Waals surface area contributed by atoms with Gasteiger partial charge in [0, 0.05) is 0 Å². The zero-order chi connectivity index (χ0) is 17.2. The van der Waals surface area contributed by atoms with E-state index in [2.05, 4.69) is 4.72 Å². The summed E-state index contributed by atoms with van der Waals surface area (Å²) >= 11 is 0. The molecule has 2 N–H and O–H groups in total. The Morgan fingerprint density at radius 3 is 2.52 bits per heavy atom. The van der Waals surface area contributed by atoms with Gasteiger partial charge >= 0.3 is 5.97 Å². The molecule has 23 heavy (non-hydrogen) atoms. The van der Waals surface area contributed by atoms with Crippen LogP contribution in [0.2, 0.25) is 0 Å². The van der Waals surface area contributed by atoms with E-state index in [9.17, 15) is 17.6 Å². The fourth-order valence-electron chi connectivity index (χ4n) is 1.94. The lowest BCUT2D eigenvalue weighted by Crippen LogP contribution is -2.15. The first-order valence-electron chi connectivity index (χ1n) is 6.45. The molecule has 0 unspecified atom stereocenters. The number of carboxylic acid groups (broad SMARTS) is 1. The Bertz CT molecular complexity index is 864. The van der Waals surface area contributed by atoms with E-state index in [-0.39, 0.29) is 21.9 Å². The number of aryl methyl sites for hydroxylation is 1. The highest BCUT2D eigenvalue weighted by atomic mass is 32.2. The van der Waals surface area contributed by atoms with E-state index in [1.807, 2.05) is 0 Å². The van der Waals surface area contributed by atoms with Gasteiger partial charge in [0.05, 0.1) is 17.7 Å². The number of anilines is 1. The number of hydrogen-bond donors (Lipinski definition) is 2. The Labute approximate surface area is 132 Å². The molecular weight excluding hydrogens is 325 g/mol. The minimum absolute atomic E-state index is 0.0261. The van der Waals surface area contributed by atoms with Crippen LogP contribution in [0, 0.1) is 12.7 Å². The molecule has 6 nitrogen and oxygen atoms in total. The molecule has 0 fully saturated rings. The van der Waals surface area contributed by atoms with Gasteiger partial charge in [0.25, 0.3) is 10.0 Å². The molecule has 0 heterocycles. The van der Waals surface area contributed by atoms with E-state index >= 15 is 0 Å². The third-order valence-corrected chi connectivity index (χ3v) is 4.44. The molecule has 0 aliphatic heterocycles. The predicted octanol–water partition coefficient (Wildman–Crippen LogP) is 2.64. The van der Waals surface area contributed by atoms with Crippen molar-refractivity contribution >= 4 is 21.7 Å². The van der Waals surface area contributed by atoms with Crippen molar-refractivity contribution in [1.29, 1.82) is 0 Å². The minimum atomic E-state index is -4.14. The standard InChI is InChI=1S/C15H14FNO5S/c1-9-3-5-12(16)13(7-9)17-23(20,21)10-4-6-14(22-2)11(8-10)15(18)19/h3-8,17H,1-2H3,(H,18,19). The molecule has 0 amide bonds. The summed E-state index contributed by atoms with van der Waals surface area (Å²) in [5.74, 6) is -2.04. The molecule has 0 bridgehead atoms. The van der Waals surface area contributed by atoms with Gasteiger partial charge in [-0.25, -0.2) is 17.6 Å². The molecule has 0 aromatic heterocycles. The SMILES string of the molecule is COc1ccc(S(=O)(=O)Nc2cc(C)ccc2F)cc1C(=O)O. The van der Waals surface area contributed by atoms with E-state index in [4.69, 9.17) is 9.84 Å². The summed E-state index contributed by atoms with van der Waals surface area (Å²) in [7, 11) is -2.87. The smallest absolute Gasteiger partial charge is 0.339 e. The highest BCUT2D eigenvalue weighted by Gasteiger charge is 2.20. The van der Waals surface area contributed by atoms with Gasteiger partial charge in [-0.05, 0) is 42.8 Å². The Balaban J connectivity index is 2.46. The highest BCUT2D eigenvalue weighted by Crippen LogP contribution is 2.25. The van der Waals surface area contributed by atoms with E-state index in [0.717, 1.165) is 12.1 Å². The lowest BCUT2D eigenvalue weighted by Gasteiger charge is -2.11. The van der Waals surface area contributed by atoms with Crippen LogP contribution < -0.4 is 9.46 Å². The maximum atomic E-state index is 13.7. The molecule has 2 aromatic rings. The van der Waals surface area contributed by atoms with Crippen molar-refractivity contribution in [1.82, 2.24) is 0 Å². The van der Waals surface area contributed by atoms with Crippen LogP contribution in [0.5, 0.6) is 5.75 Å². The maximum absolute atomic E-state index is 13.7. The first-order chi connectivity index (χ1) is 10.7. The average Bonchev–Trinajstić information content (AvgIpc) is 2.50. The molecule has 0 saturated carbocycles. The van der Waals surface area contributed by atoms with Crippen LogP contribution in [0.1, 0.15) is 15.9 Å². The van der Waals surface area contributed by atoms with E-state index < -0.39 is 21.8 Å². The van der Waals surface area contributed by atoms with Gasteiger partial charge in [0.2, 0.25) is 0 Å². The van der Waals surface area contributed by atoms with Crippen molar-refractivity contribution in [3.8, 4) is 5.75 Å². The van der Waals surface area contributed by atoms with Gasteiger partial charge in [-0.15, -0.1) is 0 Å². The number of sulfonamides is 1. The van der Waals surface area contributed by atoms with Crippen LogP contribution in [0.3, 0.4) is 0 Å². The van der Waals surface area contributed by atoms with Crippen LogP contribution in [0.25, 0.3) is 0 Å². The van der Waals surface area contributed by atoms with Crippen molar-refractivity contribution in [2.45, 2.75) is 11.8 Å². The largest absolute Gasteiger partial charge is 0.496 e. The minimum Gasteiger partial charge on any atom is -0.496 e. The molecule has 0 radical (unpaired) electrons. The summed E-state index contributed by atoms with van der Waals surface area (Å²) in [6.45, 7) is 1.69. The fourth-order valence-corrected chi connectivity index (χ4v) is 3.03. The zero-order valence-corrected chi connectivity index (χ0v) is 13.1. The topological polar surface area (TPSA) is 92.7 Å². The van der Waals surface area contributed by atoms with Crippen LogP contribution in [-0.4, -0.2) is 26.6 Å². The van der Waals surface area contributed by atoms with Crippen molar-refractivity contribution in [3.05, 3.63) is 53.3 Å². The fraction of sp³-hybridized carbons (Fsp3) is 0.133. The number of nitrogens with one attached hydrogen (secondary N) is 1. The number of hydrogen-bond acceptors (Lipinski definition) is 4. The van der Waals surface area contributed by atoms with E-state index in [1.54, 1.807) is 6.92 Å². The Morgan fingerprint density at radius 2 is 1.91 bits per heavy atom. The molecule has 0 aliphatic carbocycles. The first kappa shape index (κ1) is 16.8. The summed E-state index contributed by atoms with van der Waals surface area (Å²) < 4.78 is 45.3. The number of rotatable bonds is 5. The van der Waals surface area contributed by atoms with Crippen molar-refractivity contribution in [2.75, 3.05) is 11.8 Å². The normalized spacial score (nSPS) is 11.1. The van der Waals surface area contributed by atoms with Gasteiger partial charge in [-0.2, -0.15) is 0 Å². The lowest BCUT2D eigenvalue weighted by atomic mass is 10.2. The lowest BCUT2D eigenvalue weighted by molar-refractivity contribution is 0.0693. The Morgan fingerprint density at radius 1 is 1.22 bits per heavy atom. The van der Waals surface area contributed by atoms with Gasteiger partial charge in [0.1, 0.15) is 17.1 Å². The average molecular weight is 339 g/mol. The summed E-state index contributed by atoms with van der Waals surface area (Å²) in [4.78, 5) is 10.9. The Kier molecular flexibility index (Phi) is 4.55. The molecule has 0 spiro atoms.